The first-order chi connectivity index (χ1) is 14.1. The normalized spacial score (nSPS) is 10.8. The predicted octanol–water partition coefficient (Wildman–Crippen LogP) is 4.37. The van der Waals surface area contributed by atoms with E-state index in [0.29, 0.717) is 33.4 Å². The van der Waals surface area contributed by atoms with Crippen molar-refractivity contribution in [2.75, 3.05) is 5.32 Å². The highest BCUT2D eigenvalue weighted by Gasteiger charge is 2.16. The summed E-state index contributed by atoms with van der Waals surface area (Å²) in [7, 11) is 0. The average molecular weight is 389 g/mol. The van der Waals surface area contributed by atoms with Crippen LogP contribution in [-0.2, 0) is 6.61 Å². The number of benzene rings is 2. The molecule has 0 aliphatic rings. The van der Waals surface area contributed by atoms with E-state index < -0.39 is 11.8 Å². The fraction of sp³-hybridized carbons (Fsp3) is 0.0455. The molecule has 2 heterocycles. The van der Waals surface area contributed by atoms with Crippen LogP contribution in [0.3, 0.4) is 0 Å². The highest BCUT2D eigenvalue weighted by molar-refractivity contribution is 6.03. The van der Waals surface area contributed by atoms with Crippen molar-refractivity contribution in [3.05, 3.63) is 84.1 Å². The van der Waals surface area contributed by atoms with E-state index in [1.165, 1.54) is 18.2 Å². The molecular formula is C22H16FN3O3. The van der Waals surface area contributed by atoms with Crippen LogP contribution in [0.5, 0.6) is 0 Å². The fourth-order valence-electron chi connectivity index (χ4n) is 3.16. The number of nitrogens with zero attached hydrogens (tertiary/aromatic N) is 2. The van der Waals surface area contributed by atoms with Gasteiger partial charge in [-0.2, -0.15) is 0 Å². The zero-order valence-corrected chi connectivity index (χ0v) is 15.1. The van der Waals surface area contributed by atoms with Gasteiger partial charge in [0, 0.05) is 29.5 Å². The highest BCUT2D eigenvalue weighted by Crippen LogP contribution is 2.36. The number of aliphatic hydroxyl groups is 1. The maximum absolute atomic E-state index is 14.0. The molecule has 0 amide bonds. The Morgan fingerprint density at radius 2 is 1.86 bits per heavy atom. The number of anilines is 2. The Kier molecular flexibility index (Phi) is 4.88. The number of aromatic nitrogens is 2. The van der Waals surface area contributed by atoms with Crippen molar-refractivity contribution in [3.63, 3.8) is 0 Å². The molecule has 0 aliphatic heterocycles. The number of halogens is 1. The largest absolute Gasteiger partial charge is 0.478 e. The number of carbonyl (C=O) groups is 1. The van der Waals surface area contributed by atoms with Crippen LogP contribution < -0.4 is 5.32 Å². The molecule has 4 rings (SSSR count). The van der Waals surface area contributed by atoms with Crippen molar-refractivity contribution in [1.29, 1.82) is 0 Å². The second-order valence-electron chi connectivity index (χ2n) is 6.41. The molecule has 6 nitrogen and oxygen atoms in total. The van der Waals surface area contributed by atoms with Gasteiger partial charge in [0.05, 0.1) is 29.1 Å². The van der Waals surface area contributed by atoms with Gasteiger partial charge in [-0.1, -0.05) is 6.07 Å². The van der Waals surface area contributed by atoms with E-state index in [9.17, 15) is 19.4 Å². The summed E-state index contributed by atoms with van der Waals surface area (Å²) in [4.78, 5) is 20.2. The van der Waals surface area contributed by atoms with Crippen molar-refractivity contribution < 1.29 is 19.4 Å². The summed E-state index contributed by atoms with van der Waals surface area (Å²) in [5.74, 6) is -1.57. The molecule has 0 atom stereocenters. The molecule has 0 saturated heterocycles. The van der Waals surface area contributed by atoms with Crippen LogP contribution >= 0.6 is 0 Å². The monoisotopic (exact) mass is 389 g/mol. The molecule has 0 aliphatic carbocycles. The first-order valence-electron chi connectivity index (χ1n) is 8.79. The molecular weight excluding hydrogens is 373 g/mol. The van der Waals surface area contributed by atoms with E-state index in [4.69, 9.17) is 0 Å². The quantitative estimate of drug-likeness (QED) is 0.469. The molecule has 0 fully saturated rings. The van der Waals surface area contributed by atoms with Crippen molar-refractivity contribution in [2.45, 2.75) is 6.61 Å². The molecule has 0 spiro atoms. The third kappa shape index (κ3) is 3.63. The van der Waals surface area contributed by atoms with Crippen LogP contribution in [0.1, 0.15) is 15.9 Å². The molecule has 0 saturated carbocycles. The summed E-state index contributed by atoms with van der Waals surface area (Å²) in [5, 5.41) is 22.6. The Labute approximate surface area is 165 Å². The topological polar surface area (TPSA) is 95.3 Å². The van der Waals surface area contributed by atoms with Crippen LogP contribution in [0.25, 0.3) is 22.0 Å². The number of rotatable bonds is 5. The summed E-state index contributed by atoms with van der Waals surface area (Å²) in [5.41, 5.74) is 3.36. The number of carboxylic acid groups (broad SMARTS) is 1. The molecule has 2 aromatic heterocycles. The lowest BCUT2D eigenvalue weighted by molar-refractivity contribution is 0.0698. The van der Waals surface area contributed by atoms with Gasteiger partial charge in [0.2, 0.25) is 0 Å². The van der Waals surface area contributed by atoms with E-state index >= 15 is 0 Å². The second kappa shape index (κ2) is 7.65. The van der Waals surface area contributed by atoms with Gasteiger partial charge in [-0.05, 0) is 53.6 Å². The van der Waals surface area contributed by atoms with Crippen molar-refractivity contribution in [1.82, 2.24) is 9.97 Å². The van der Waals surface area contributed by atoms with E-state index in [0.717, 1.165) is 5.56 Å². The summed E-state index contributed by atoms with van der Waals surface area (Å²) in [6.45, 7) is -0.272. The zero-order chi connectivity index (χ0) is 20.4. The SMILES string of the molecule is O=C(O)c1cc(CO)ccc1Nc1c(-c2ccncc2)cnc2ccc(F)cc12. The Balaban J connectivity index is 1.95. The van der Waals surface area contributed by atoms with Gasteiger partial charge in [0.1, 0.15) is 5.82 Å². The van der Waals surface area contributed by atoms with E-state index in [1.807, 2.05) is 0 Å². The molecule has 0 unspecified atom stereocenters. The summed E-state index contributed by atoms with van der Waals surface area (Å²) >= 11 is 0. The smallest absolute Gasteiger partial charge is 0.337 e. The van der Waals surface area contributed by atoms with Crippen LogP contribution in [0.4, 0.5) is 15.8 Å². The number of aliphatic hydroxyl groups excluding tert-OH is 1. The number of carboxylic acids is 1. The molecule has 2 aromatic carbocycles. The number of hydrogen-bond donors (Lipinski definition) is 3. The lowest BCUT2D eigenvalue weighted by atomic mass is 10.0. The molecule has 0 radical (unpaired) electrons. The Hall–Kier alpha value is -3.84. The standard InChI is InChI=1S/C22H16FN3O3/c23-15-2-4-19-16(10-15)21(18(11-25-19)14-5-7-24-8-6-14)26-20-3-1-13(12-27)9-17(20)22(28)29/h1-11,27H,12H2,(H,25,26)(H,28,29). The van der Waals surface area contributed by atoms with Gasteiger partial charge in [-0.3, -0.25) is 9.97 Å². The molecule has 144 valence electrons. The van der Waals surface area contributed by atoms with Gasteiger partial charge in [-0.25, -0.2) is 9.18 Å². The minimum atomic E-state index is -1.14. The van der Waals surface area contributed by atoms with E-state index in [1.54, 1.807) is 48.9 Å². The van der Waals surface area contributed by atoms with Crippen molar-refractivity contribution in [3.8, 4) is 11.1 Å². The minimum Gasteiger partial charge on any atom is -0.478 e. The lowest BCUT2D eigenvalue weighted by Crippen LogP contribution is -2.05. The third-order valence-electron chi connectivity index (χ3n) is 4.58. The van der Waals surface area contributed by atoms with Crippen molar-refractivity contribution >= 4 is 28.2 Å². The minimum absolute atomic E-state index is 0.00130. The van der Waals surface area contributed by atoms with E-state index in [-0.39, 0.29) is 12.2 Å². The van der Waals surface area contributed by atoms with E-state index in [2.05, 4.69) is 15.3 Å². The Bertz CT molecular complexity index is 1210. The summed E-state index contributed by atoms with van der Waals surface area (Å²) in [6.07, 6.45) is 4.92. The first-order valence-corrected chi connectivity index (χ1v) is 8.79. The van der Waals surface area contributed by atoms with Crippen molar-refractivity contribution in [2.24, 2.45) is 0 Å². The number of pyridine rings is 2. The highest BCUT2D eigenvalue weighted by atomic mass is 19.1. The fourth-order valence-corrected chi connectivity index (χ4v) is 3.16. The first kappa shape index (κ1) is 18.5. The van der Waals surface area contributed by atoms with Gasteiger partial charge in [0.15, 0.2) is 0 Å². The van der Waals surface area contributed by atoms with Gasteiger partial charge in [0.25, 0.3) is 0 Å². The maximum Gasteiger partial charge on any atom is 0.337 e. The summed E-state index contributed by atoms with van der Waals surface area (Å²) < 4.78 is 14.0. The van der Waals surface area contributed by atoms with Gasteiger partial charge >= 0.3 is 5.97 Å². The molecule has 0 bridgehead atoms. The maximum atomic E-state index is 14.0. The Morgan fingerprint density at radius 3 is 2.59 bits per heavy atom. The number of nitrogens with one attached hydrogen (secondary N) is 1. The van der Waals surface area contributed by atoms with Crippen LogP contribution in [0.2, 0.25) is 0 Å². The van der Waals surface area contributed by atoms with Crippen LogP contribution in [0.15, 0.2) is 67.1 Å². The summed E-state index contributed by atoms with van der Waals surface area (Å²) in [6, 6.07) is 12.4. The number of fused-ring (bicyclic) bond motifs is 1. The zero-order valence-electron chi connectivity index (χ0n) is 15.1. The predicted molar refractivity (Wildman–Crippen MR) is 108 cm³/mol. The molecule has 7 heteroatoms. The number of hydrogen-bond acceptors (Lipinski definition) is 5. The van der Waals surface area contributed by atoms with Crippen LogP contribution in [-0.4, -0.2) is 26.2 Å². The lowest BCUT2D eigenvalue weighted by Gasteiger charge is -2.17. The van der Waals surface area contributed by atoms with Gasteiger partial charge < -0.3 is 15.5 Å². The van der Waals surface area contributed by atoms with Gasteiger partial charge in [-0.15, -0.1) is 0 Å². The average Bonchev–Trinajstić information content (AvgIpc) is 2.74. The molecule has 29 heavy (non-hydrogen) atoms. The second-order valence-corrected chi connectivity index (χ2v) is 6.41. The molecule has 4 aromatic rings. The Morgan fingerprint density at radius 1 is 1.07 bits per heavy atom. The van der Waals surface area contributed by atoms with Crippen LogP contribution in [0, 0.1) is 5.82 Å². The number of aromatic carboxylic acids is 1. The third-order valence-corrected chi connectivity index (χ3v) is 4.58. The molecule has 3 N–H and O–H groups in total.